The van der Waals surface area contributed by atoms with Crippen molar-refractivity contribution in [3.8, 4) is 11.5 Å². The Morgan fingerprint density at radius 1 is 1.11 bits per heavy atom. The standard InChI is InChI=1S/C20H18N6O2/c21-19-24-18(12-10-22-13-5-2-1-4-11(12)13)26-15-9-17-16(27-6-3-7-28-17)8-14(15)23-20(26)25-19/h1-2,4-5,8-10,18,22H,3,6-7H2,(H3,21,23,24,25). The number of rotatable bonds is 1. The number of anilines is 1. The highest BCUT2D eigenvalue weighted by molar-refractivity contribution is 5.96. The van der Waals surface area contributed by atoms with E-state index in [1.807, 2.05) is 36.5 Å². The lowest BCUT2D eigenvalue weighted by atomic mass is 10.1. The molecule has 2 aromatic heterocycles. The van der Waals surface area contributed by atoms with Crippen molar-refractivity contribution >= 4 is 33.8 Å². The zero-order valence-electron chi connectivity index (χ0n) is 15.0. The third kappa shape index (κ3) is 2.17. The lowest BCUT2D eigenvalue weighted by Gasteiger charge is -2.23. The van der Waals surface area contributed by atoms with Crippen LogP contribution in [0.1, 0.15) is 18.2 Å². The van der Waals surface area contributed by atoms with Gasteiger partial charge in [0, 0.05) is 41.2 Å². The fourth-order valence-corrected chi connectivity index (χ4v) is 3.94. The quantitative estimate of drug-likeness (QED) is 0.475. The van der Waals surface area contributed by atoms with Crippen molar-refractivity contribution in [2.24, 2.45) is 10.7 Å². The largest absolute Gasteiger partial charge is 0.489 e. The summed E-state index contributed by atoms with van der Waals surface area (Å²) in [7, 11) is 0. The summed E-state index contributed by atoms with van der Waals surface area (Å²) in [4.78, 5) is 12.7. The van der Waals surface area contributed by atoms with Crippen LogP contribution in [-0.2, 0) is 0 Å². The predicted octanol–water partition coefficient (Wildman–Crippen LogP) is 2.97. The monoisotopic (exact) mass is 374 g/mol. The summed E-state index contributed by atoms with van der Waals surface area (Å²) in [6.45, 7) is 1.27. The van der Waals surface area contributed by atoms with Crippen LogP contribution in [-0.4, -0.2) is 33.7 Å². The number of benzene rings is 2. The molecule has 140 valence electrons. The maximum atomic E-state index is 6.08. The van der Waals surface area contributed by atoms with Gasteiger partial charge in [0.25, 0.3) is 0 Å². The lowest BCUT2D eigenvalue weighted by Crippen LogP contribution is -2.31. The Hall–Kier alpha value is -3.68. The normalized spacial score (nSPS) is 18.4. The summed E-state index contributed by atoms with van der Waals surface area (Å²) in [6, 6.07) is 12.1. The van der Waals surface area contributed by atoms with Crippen molar-refractivity contribution in [3.05, 3.63) is 48.2 Å². The SMILES string of the molecule is NC1=NC(c2c[nH]c3ccccc23)n2c(nc3cc4c(cc32)OCCCO4)N1. The number of H-pyrrole nitrogens is 1. The minimum Gasteiger partial charge on any atom is -0.489 e. The van der Waals surface area contributed by atoms with E-state index in [4.69, 9.17) is 20.2 Å². The molecule has 1 unspecified atom stereocenters. The number of aliphatic imine (C=N–C) groups is 1. The van der Waals surface area contributed by atoms with E-state index < -0.39 is 0 Å². The zero-order chi connectivity index (χ0) is 18.7. The Morgan fingerprint density at radius 3 is 2.82 bits per heavy atom. The van der Waals surface area contributed by atoms with E-state index >= 15 is 0 Å². The first-order valence-electron chi connectivity index (χ1n) is 9.26. The summed E-state index contributed by atoms with van der Waals surface area (Å²) in [5.41, 5.74) is 9.89. The molecule has 0 saturated carbocycles. The van der Waals surface area contributed by atoms with Crippen molar-refractivity contribution in [3.63, 3.8) is 0 Å². The van der Waals surface area contributed by atoms with Gasteiger partial charge in [-0.15, -0.1) is 0 Å². The first-order valence-corrected chi connectivity index (χ1v) is 9.26. The Labute approximate surface area is 160 Å². The molecular formula is C20H18N6O2. The van der Waals surface area contributed by atoms with Crippen molar-refractivity contribution < 1.29 is 9.47 Å². The molecule has 8 nitrogen and oxygen atoms in total. The number of imidazole rings is 1. The number of nitrogens with one attached hydrogen (secondary N) is 2. The zero-order valence-corrected chi connectivity index (χ0v) is 15.0. The minimum atomic E-state index is -0.331. The maximum Gasteiger partial charge on any atom is 0.212 e. The second-order valence-electron chi connectivity index (χ2n) is 6.95. The van der Waals surface area contributed by atoms with E-state index in [0.29, 0.717) is 25.1 Å². The highest BCUT2D eigenvalue weighted by atomic mass is 16.5. The van der Waals surface area contributed by atoms with Crippen molar-refractivity contribution in [1.29, 1.82) is 0 Å². The first-order chi connectivity index (χ1) is 13.8. The van der Waals surface area contributed by atoms with Crippen LogP contribution in [0.4, 0.5) is 5.95 Å². The van der Waals surface area contributed by atoms with Crippen molar-refractivity contribution in [1.82, 2.24) is 14.5 Å². The number of ether oxygens (including phenoxy) is 2. The van der Waals surface area contributed by atoms with Gasteiger partial charge < -0.3 is 20.2 Å². The number of guanidine groups is 1. The van der Waals surface area contributed by atoms with Crippen LogP contribution in [0, 0.1) is 0 Å². The molecule has 2 aromatic carbocycles. The van der Waals surface area contributed by atoms with Crippen LogP contribution in [0.5, 0.6) is 11.5 Å². The summed E-state index contributed by atoms with van der Waals surface area (Å²) < 4.78 is 13.7. The average molecular weight is 374 g/mol. The van der Waals surface area contributed by atoms with E-state index in [2.05, 4.69) is 25.9 Å². The molecule has 2 aliphatic heterocycles. The molecule has 4 N–H and O–H groups in total. The average Bonchev–Trinajstić information content (AvgIpc) is 3.19. The summed E-state index contributed by atoms with van der Waals surface area (Å²) >= 11 is 0. The van der Waals surface area contributed by atoms with Gasteiger partial charge in [0.1, 0.15) is 0 Å². The fraction of sp³-hybridized carbons (Fsp3) is 0.200. The molecule has 0 amide bonds. The van der Waals surface area contributed by atoms with Gasteiger partial charge in [-0.2, -0.15) is 0 Å². The molecule has 0 spiro atoms. The van der Waals surface area contributed by atoms with Gasteiger partial charge in [0.15, 0.2) is 23.6 Å². The van der Waals surface area contributed by atoms with Crippen LogP contribution in [0.3, 0.4) is 0 Å². The molecule has 0 aliphatic carbocycles. The lowest BCUT2D eigenvalue weighted by molar-refractivity contribution is 0.297. The molecule has 0 saturated heterocycles. The van der Waals surface area contributed by atoms with Crippen LogP contribution in [0.25, 0.3) is 21.9 Å². The minimum absolute atomic E-state index is 0.331. The molecule has 4 heterocycles. The van der Waals surface area contributed by atoms with Crippen LogP contribution >= 0.6 is 0 Å². The Balaban J connectivity index is 1.59. The Morgan fingerprint density at radius 2 is 1.93 bits per heavy atom. The van der Waals surface area contributed by atoms with Crippen LogP contribution in [0.15, 0.2) is 47.6 Å². The Kier molecular flexibility index (Phi) is 3.11. The van der Waals surface area contributed by atoms with Gasteiger partial charge in [-0.25, -0.2) is 9.98 Å². The van der Waals surface area contributed by atoms with Gasteiger partial charge in [-0.3, -0.25) is 9.88 Å². The van der Waals surface area contributed by atoms with E-state index in [1.54, 1.807) is 0 Å². The fourth-order valence-electron chi connectivity index (χ4n) is 3.94. The topological polar surface area (TPSA) is 102 Å². The maximum absolute atomic E-state index is 6.08. The number of para-hydroxylation sites is 1. The number of hydrogen-bond acceptors (Lipinski definition) is 6. The summed E-state index contributed by atoms with van der Waals surface area (Å²) in [5, 5.41) is 4.18. The molecule has 0 radical (unpaired) electrons. The number of fused-ring (bicyclic) bond motifs is 5. The van der Waals surface area contributed by atoms with Gasteiger partial charge in [-0.05, 0) is 6.07 Å². The van der Waals surface area contributed by atoms with Crippen LogP contribution in [0.2, 0.25) is 0 Å². The highest BCUT2D eigenvalue weighted by Gasteiger charge is 2.28. The first kappa shape index (κ1) is 15.4. The number of nitrogens with zero attached hydrogens (tertiary/aromatic N) is 3. The van der Waals surface area contributed by atoms with Gasteiger partial charge in [0.05, 0.1) is 24.2 Å². The second-order valence-corrected chi connectivity index (χ2v) is 6.95. The predicted molar refractivity (Wildman–Crippen MR) is 107 cm³/mol. The molecule has 1 atom stereocenters. The molecule has 6 rings (SSSR count). The third-order valence-electron chi connectivity index (χ3n) is 5.20. The van der Waals surface area contributed by atoms with Gasteiger partial charge in [-0.1, -0.05) is 18.2 Å². The van der Waals surface area contributed by atoms with E-state index in [0.717, 1.165) is 45.4 Å². The van der Waals surface area contributed by atoms with E-state index in [-0.39, 0.29) is 6.17 Å². The van der Waals surface area contributed by atoms with E-state index in [1.165, 1.54) is 0 Å². The smallest absolute Gasteiger partial charge is 0.212 e. The number of aromatic nitrogens is 3. The number of aromatic amines is 1. The van der Waals surface area contributed by atoms with Crippen LogP contribution < -0.4 is 20.5 Å². The Bertz CT molecular complexity index is 1250. The van der Waals surface area contributed by atoms with Gasteiger partial charge in [0.2, 0.25) is 5.95 Å². The third-order valence-corrected chi connectivity index (χ3v) is 5.20. The number of hydrogen-bond donors (Lipinski definition) is 3. The molecule has 4 aromatic rings. The molecular weight excluding hydrogens is 356 g/mol. The molecule has 8 heteroatoms. The molecule has 0 bridgehead atoms. The summed E-state index contributed by atoms with van der Waals surface area (Å²) in [5.74, 6) is 2.44. The van der Waals surface area contributed by atoms with Crippen molar-refractivity contribution in [2.75, 3.05) is 18.5 Å². The van der Waals surface area contributed by atoms with Crippen molar-refractivity contribution in [2.45, 2.75) is 12.6 Å². The summed E-state index contributed by atoms with van der Waals surface area (Å²) in [6.07, 6.45) is 2.51. The molecule has 2 aliphatic rings. The van der Waals surface area contributed by atoms with Gasteiger partial charge >= 0.3 is 0 Å². The molecule has 28 heavy (non-hydrogen) atoms. The second kappa shape index (κ2) is 5.66. The highest BCUT2D eigenvalue weighted by Crippen LogP contribution is 2.40. The molecule has 0 fully saturated rings. The number of nitrogens with two attached hydrogens (primary N) is 1. The van der Waals surface area contributed by atoms with E-state index in [9.17, 15) is 0 Å².